The highest BCUT2D eigenvalue weighted by molar-refractivity contribution is 9.10. The van der Waals surface area contributed by atoms with Gasteiger partial charge in [0.25, 0.3) is 0 Å². The molecule has 0 atom stereocenters. The van der Waals surface area contributed by atoms with Crippen LogP contribution in [0, 0.1) is 0 Å². The highest BCUT2D eigenvalue weighted by Crippen LogP contribution is 2.59. The van der Waals surface area contributed by atoms with Crippen molar-refractivity contribution in [3.63, 3.8) is 0 Å². The summed E-state index contributed by atoms with van der Waals surface area (Å²) in [5.41, 5.74) is 9.67. The van der Waals surface area contributed by atoms with E-state index in [0.717, 1.165) is 9.94 Å². The molecule has 0 spiro atoms. The Morgan fingerprint density at radius 3 is 0.880 bits per heavy atom. The second-order valence-corrected chi connectivity index (χ2v) is 30.8. The Balaban J connectivity index is 0.000000133. The maximum Gasteiger partial charge on any atom is 0.494 e. The Kier molecular flexibility index (Phi) is 15.0. The topological polar surface area (TPSA) is 55.4 Å². The Hall–Kier alpha value is -6.85. The molecule has 3 aliphatic heterocycles. The van der Waals surface area contributed by atoms with E-state index in [1.54, 1.807) is 0 Å². The number of hydrogen-bond donors (Lipinski definition) is 0. The van der Waals surface area contributed by atoms with E-state index < -0.39 is 14.0 Å². The van der Waals surface area contributed by atoms with Crippen LogP contribution in [-0.2, 0) is 38.8 Å². The van der Waals surface area contributed by atoms with Crippen molar-refractivity contribution >= 4 is 129 Å². The van der Waals surface area contributed by atoms with E-state index in [1.807, 2.05) is 55.4 Å². The minimum Gasteiger partial charge on any atom is -0.405 e. The predicted molar refractivity (Wildman–Crippen MR) is 397 cm³/mol. The number of halogens is 1. The van der Waals surface area contributed by atoms with E-state index in [-0.39, 0.29) is 66.4 Å². The minimum absolute atomic E-state index is 0. The van der Waals surface area contributed by atoms with Gasteiger partial charge in [0.2, 0.25) is 0 Å². The monoisotopic (exact) mass is 1280 g/mol. The van der Waals surface area contributed by atoms with E-state index in [0.29, 0.717) is 0 Å². The normalized spacial score (nSPS) is 19.3. The molecule has 3 heterocycles. The average Bonchev–Trinajstić information content (AvgIpc) is 1.43. The number of fused-ring (bicyclic) bond motifs is 26. The molecule has 0 amide bonds. The molecule has 6 nitrogen and oxygen atoms in total. The van der Waals surface area contributed by atoms with Crippen molar-refractivity contribution in [3.05, 3.63) is 209 Å². The molecule has 3 fully saturated rings. The lowest BCUT2D eigenvalue weighted by Crippen LogP contribution is -2.41. The van der Waals surface area contributed by atoms with Gasteiger partial charge >= 0.3 is 21.1 Å². The fraction of sp³-hybridized carbons (Fsp3) is 0.317. The highest BCUT2D eigenvalue weighted by atomic mass is 79.9. The van der Waals surface area contributed by atoms with Gasteiger partial charge in [0.15, 0.2) is 0 Å². The van der Waals surface area contributed by atoms with E-state index >= 15 is 0 Å². The molecular formula is C82H86B3BrO6. The zero-order chi connectivity index (χ0) is 63.2. The fourth-order valence-electron chi connectivity index (χ4n) is 15.5. The van der Waals surface area contributed by atoms with Gasteiger partial charge in [-0.25, -0.2) is 0 Å². The molecule has 0 unspecified atom stereocenters. The van der Waals surface area contributed by atoms with Gasteiger partial charge in [0, 0.05) is 15.3 Å². The zero-order valence-corrected chi connectivity index (χ0v) is 56.5. The second-order valence-electron chi connectivity index (χ2n) is 29.9. The van der Waals surface area contributed by atoms with Crippen LogP contribution < -0.4 is 5.46 Å². The lowest BCUT2D eigenvalue weighted by Gasteiger charge is -2.32. The molecule has 466 valence electrons. The van der Waals surface area contributed by atoms with E-state index in [1.165, 1.54) is 131 Å². The van der Waals surface area contributed by atoms with Crippen LogP contribution in [0.15, 0.2) is 186 Å². The molecule has 17 rings (SSSR count). The molecule has 12 aromatic carbocycles. The SMILES string of the molecule is C.C.CC1(C)OB(B2OC(C)(C)C(C)(C)O2)OC1(C)C.CC1(C)c2ccc(B3OC(C)(C)C(C)(C)O3)cc2-c2c1c1c3ccccc3c3ccccc3c1c1ccccc21.CC1(C)c2ccc(Br)cc2-c2c1c1c3ccccc3c3ccccc3c1c1ccccc21. The fourth-order valence-corrected chi connectivity index (χ4v) is 15.9. The molecule has 0 saturated carbocycles. The largest absolute Gasteiger partial charge is 0.494 e. The minimum atomic E-state index is -0.476. The number of rotatable bonds is 2. The number of hydrogen-bond acceptors (Lipinski definition) is 6. The van der Waals surface area contributed by atoms with Crippen LogP contribution in [0.25, 0.3) is 108 Å². The van der Waals surface area contributed by atoms with Crippen LogP contribution in [-0.4, -0.2) is 54.7 Å². The van der Waals surface area contributed by atoms with Gasteiger partial charge in [-0.15, -0.1) is 0 Å². The maximum atomic E-state index is 6.49. The van der Waals surface area contributed by atoms with Crippen LogP contribution in [0.3, 0.4) is 0 Å². The quantitative estimate of drug-likeness (QED) is 0.127. The van der Waals surface area contributed by atoms with Gasteiger partial charge in [-0.1, -0.05) is 228 Å². The summed E-state index contributed by atoms with van der Waals surface area (Å²) in [7, 11) is -1.34. The average molecular weight is 1280 g/mol. The lowest BCUT2D eigenvalue weighted by molar-refractivity contribution is 0.00578. The number of benzene rings is 12. The van der Waals surface area contributed by atoms with Gasteiger partial charge in [0.05, 0.1) is 33.6 Å². The first-order valence-corrected chi connectivity index (χ1v) is 32.9. The van der Waals surface area contributed by atoms with Crippen molar-refractivity contribution in [2.75, 3.05) is 0 Å². The van der Waals surface area contributed by atoms with Crippen molar-refractivity contribution in [2.24, 2.45) is 0 Å². The summed E-state index contributed by atoms with van der Waals surface area (Å²) in [4.78, 5) is 0. The third-order valence-electron chi connectivity index (χ3n) is 22.2. The van der Waals surface area contributed by atoms with Gasteiger partial charge < -0.3 is 27.9 Å². The van der Waals surface area contributed by atoms with Crippen molar-refractivity contribution in [1.29, 1.82) is 0 Å². The maximum absolute atomic E-state index is 6.49. The Labute approximate surface area is 554 Å². The summed E-state index contributed by atoms with van der Waals surface area (Å²) >= 11 is 3.74. The first-order valence-electron chi connectivity index (χ1n) is 32.1. The molecule has 3 saturated heterocycles. The summed E-state index contributed by atoms with van der Waals surface area (Å²) in [5, 5.41) is 21.5. The third kappa shape index (κ3) is 9.26. The molecular weight excluding hydrogens is 1190 g/mol. The Morgan fingerprint density at radius 1 is 0.283 bits per heavy atom. The molecule has 0 aromatic heterocycles. The molecule has 92 heavy (non-hydrogen) atoms. The van der Waals surface area contributed by atoms with Crippen LogP contribution >= 0.6 is 15.9 Å². The van der Waals surface area contributed by atoms with Crippen molar-refractivity contribution < 1.29 is 27.9 Å². The predicted octanol–water partition coefficient (Wildman–Crippen LogP) is 21.8. The van der Waals surface area contributed by atoms with Crippen molar-refractivity contribution in [3.8, 4) is 22.3 Å². The first-order chi connectivity index (χ1) is 42.6. The summed E-state index contributed by atoms with van der Waals surface area (Å²) in [6.45, 7) is 34.3. The molecule has 0 radical (unpaired) electrons. The van der Waals surface area contributed by atoms with Crippen LogP contribution in [0.5, 0.6) is 0 Å². The van der Waals surface area contributed by atoms with Gasteiger partial charge in [-0.2, -0.15) is 0 Å². The van der Waals surface area contributed by atoms with Gasteiger partial charge in [-0.05, 0) is 231 Å². The molecule has 0 N–H and O–H groups in total. The molecule has 0 bridgehead atoms. The van der Waals surface area contributed by atoms with E-state index in [4.69, 9.17) is 27.9 Å². The summed E-state index contributed by atoms with van der Waals surface area (Å²) < 4.78 is 38.0. The standard InChI is InChI=1S/C37H33BO2.C31H21Br.C12H24B2O4.2CH4/c1-35(2)30-20-19-22(38-39-36(3,4)37(5,6)40-38)21-29(30)32-28-18-12-11-17-27(28)31-25-15-9-7-13-23(25)24-14-8-10-16-26(24)33(31)34(32)35;1-31(2)26-16-15-18(32)17-25(26)28-24-14-8-7-13-23(24)27-21-11-5-3-9-19(21)20-10-4-6-12-22(20)29(27)30(28)31;1-9(2)10(3,4)16-13(15-9)14-17-11(5,6)12(7,8)18-14;;/h7-21H,1-6H3;3-17H,1-2H3;1-8H3;2*1H4. The van der Waals surface area contributed by atoms with Gasteiger partial charge in [0.1, 0.15) is 0 Å². The summed E-state index contributed by atoms with van der Waals surface area (Å²) in [6.07, 6.45) is 0. The lowest BCUT2D eigenvalue weighted by atomic mass is 9.49. The zero-order valence-electron chi connectivity index (χ0n) is 54.9. The molecule has 2 aliphatic carbocycles. The first kappa shape index (κ1) is 63.9. The Bertz CT molecular complexity index is 4960. The van der Waals surface area contributed by atoms with Crippen LogP contribution in [0.1, 0.15) is 148 Å². The third-order valence-corrected chi connectivity index (χ3v) is 22.7. The summed E-state index contributed by atoms with van der Waals surface area (Å²) in [6, 6.07) is 67.3. The van der Waals surface area contributed by atoms with E-state index in [2.05, 4.69) is 253 Å². The smallest absolute Gasteiger partial charge is 0.405 e. The van der Waals surface area contributed by atoms with Crippen molar-refractivity contribution in [2.45, 2.75) is 170 Å². The molecule has 12 aromatic rings. The van der Waals surface area contributed by atoms with Crippen LogP contribution in [0.2, 0.25) is 0 Å². The summed E-state index contributed by atoms with van der Waals surface area (Å²) in [5.74, 6) is 0. The Morgan fingerprint density at radius 2 is 0.543 bits per heavy atom. The van der Waals surface area contributed by atoms with Gasteiger partial charge in [-0.3, -0.25) is 0 Å². The van der Waals surface area contributed by atoms with E-state index in [9.17, 15) is 0 Å². The molecule has 5 aliphatic rings. The van der Waals surface area contributed by atoms with Crippen molar-refractivity contribution in [1.82, 2.24) is 0 Å². The second kappa shape index (κ2) is 21.6. The highest BCUT2D eigenvalue weighted by Gasteiger charge is 2.64. The van der Waals surface area contributed by atoms with Crippen LogP contribution in [0.4, 0.5) is 0 Å². The molecule has 10 heteroatoms.